The second-order valence-electron chi connectivity index (χ2n) is 8.89. The molecule has 0 atom stereocenters. The lowest BCUT2D eigenvalue weighted by Crippen LogP contribution is -2.46. The zero-order chi connectivity index (χ0) is 22.3. The number of sulfonamides is 1. The van der Waals surface area contributed by atoms with E-state index >= 15 is 0 Å². The van der Waals surface area contributed by atoms with E-state index < -0.39 is 14.8 Å². The van der Waals surface area contributed by atoms with Crippen LogP contribution >= 0.6 is 0 Å². The van der Waals surface area contributed by atoms with Crippen LogP contribution in [0.2, 0.25) is 0 Å². The van der Waals surface area contributed by atoms with E-state index in [-0.39, 0.29) is 29.7 Å². The molecule has 1 heterocycles. The van der Waals surface area contributed by atoms with Crippen LogP contribution < -0.4 is 10.0 Å². The highest BCUT2D eigenvalue weighted by molar-refractivity contribution is 7.90. The summed E-state index contributed by atoms with van der Waals surface area (Å²) in [5, 5.41) is 2.84. The first-order chi connectivity index (χ1) is 13.9. The molecule has 1 saturated carbocycles. The second-order valence-corrected chi connectivity index (χ2v) is 11.4. The summed E-state index contributed by atoms with van der Waals surface area (Å²) < 4.78 is 26.5. The van der Waals surface area contributed by atoms with Crippen molar-refractivity contribution in [3.63, 3.8) is 0 Å². The van der Waals surface area contributed by atoms with Gasteiger partial charge in [-0.2, -0.15) is 0 Å². The summed E-state index contributed by atoms with van der Waals surface area (Å²) in [7, 11) is -3.42. The van der Waals surface area contributed by atoms with E-state index in [0.717, 1.165) is 0 Å². The van der Waals surface area contributed by atoms with Crippen molar-refractivity contribution in [2.24, 2.45) is 5.92 Å². The molecule has 164 valence electrons. The Morgan fingerprint density at radius 2 is 1.67 bits per heavy atom. The third-order valence-corrected chi connectivity index (χ3v) is 8.04. The van der Waals surface area contributed by atoms with Gasteiger partial charge in [0.25, 0.3) is 11.8 Å². The topological polar surface area (TPSA) is 113 Å². The van der Waals surface area contributed by atoms with Gasteiger partial charge in [-0.05, 0) is 71.6 Å². The van der Waals surface area contributed by atoms with E-state index in [1.165, 1.54) is 4.90 Å². The first-order valence-electron chi connectivity index (χ1n) is 10.3. The fourth-order valence-electron chi connectivity index (χ4n) is 3.77. The first kappa shape index (κ1) is 22.4. The Bertz CT molecular complexity index is 973. The molecule has 9 heteroatoms. The molecular weight excluding hydrogens is 406 g/mol. The van der Waals surface area contributed by atoms with Crippen molar-refractivity contribution in [2.45, 2.75) is 64.2 Å². The van der Waals surface area contributed by atoms with Crippen LogP contribution in [0.25, 0.3) is 0 Å². The van der Waals surface area contributed by atoms with Crippen molar-refractivity contribution < 1.29 is 22.8 Å². The molecule has 1 aromatic rings. The quantitative estimate of drug-likeness (QED) is 0.690. The zero-order valence-electron chi connectivity index (χ0n) is 17.8. The van der Waals surface area contributed by atoms with Crippen molar-refractivity contribution in [2.75, 3.05) is 11.9 Å². The number of anilines is 1. The smallest absolute Gasteiger partial charge is 0.261 e. The molecule has 0 spiro atoms. The molecule has 0 saturated heterocycles. The van der Waals surface area contributed by atoms with E-state index in [1.807, 2.05) is 0 Å². The average Bonchev–Trinajstić information content (AvgIpc) is 2.90. The number of imide groups is 1. The van der Waals surface area contributed by atoms with Crippen LogP contribution in [-0.4, -0.2) is 48.4 Å². The van der Waals surface area contributed by atoms with Gasteiger partial charge in [0.2, 0.25) is 15.9 Å². The maximum absolute atomic E-state index is 12.7. The largest absolute Gasteiger partial charge is 0.326 e. The highest BCUT2D eigenvalue weighted by atomic mass is 32.2. The van der Waals surface area contributed by atoms with Gasteiger partial charge in [0, 0.05) is 24.2 Å². The predicted molar refractivity (Wildman–Crippen MR) is 114 cm³/mol. The predicted octanol–water partition coefficient (Wildman–Crippen LogP) is 2.52. The van der Waals surface area contributed by atoms with Gasteiger partial charge >= 0.3 is 0 Å². The summed E-state index contributed by atoms with van der Waals surface area (Å²) in [4.78, 5) is 38.4. The third kappa shape index (κ3) is 4.27. The Balaban J connectivity index is 1.59. The molecule has 1 aliphatic carbocycles. The second kappa shape index (κ2) is 8.11. The Hall–Kier alpha value is -2.26. The van der Waals surface area contributed by atoms with Crippen molar-refractivity contribution in [3.8, 4) is 0 Å². The minimum atomic E-state index is -3.42. The monoisotopic (exact) mass is 435 g/mol. The molecule has 3 amide bonds. The van der Waals surface area contributed by atoms with Crippen LogP contribution in [0.15, 0.2) is 18.2 Å². The summed E-state index contributed by atoms with van der Waals surface area (Å²) >= 11 is 0. The number of carbonyl (C=O) groups excluding carboxylic acids is 3. The van der Waals surface area contributed by atoms with Gasteiger partial charge in [0.1, 0.15) is 0 Å². The molecule has 2 aliphatic rings. The first-order valence-corrected chi connectivity index (χ1v) is 11.8. The lowest BCUT2D eigenvalue weighted by molar-refractivity contribution is -0.120. The Kier molecular flexibility index (Phi) is 6.06. The third-order valence-electron chi connectivity index (χ3n) is 5.78. The fraction of sp³-hybridized carbons (Fsp3) is 0.571. The molecule has 0 radical (unpaired) electrons. The Morgan fingerprint density at radius 1 is 1.07 bits per heavy atom. The number of amides is 3. The van der Waals surface area contributed by atoms with Crippen molar-refractivity contribution in [1.82, 2.24) is 9.62 Å². The van der Waals surface area contributed by atoms with E-state index in [9.17, 15) is 22.8 Å². The minimum Gasteiger partial charge on any atom is -0.326 e. The van der Waals surface area contributed by atoms with Crippen LogP contribution in [0.1, 0.15) is 74.1 Å². The van der Waals surface area contributed by atoms with E-state index in [4.69, 9.17) is 0 Å². The molecule has 2 N–H and O–H groups in total. The number of fused-ring (bicyclic) bond motifs is 1. The summed E-state index contributed by atoms with van der Waals surface area (Å²) in [6.07, 6.45) is 2.34. The summed E-state index contributed by atoms with van der Waals surface area (Å²) in [5.41, 5.74) is 1.14. The van der Waals surface area contributed by atoms with Crippen molar-refractivity contribution >= 4 is 33.4 Å². The van der Waals surface area contributed by atoms with Gasteiger partial charge in [-0.3, -0.25) is 19.3 Å². The van der Waals surface area contributed by atoms with Gasteiger partial charge in [0.05, 0.1) is 15.9 Å². The lowest BCUT2D eigenvalue weighted by Gasteiger charge is -2.30. The van der Waals surface area contributed by atoms with Crippen LogP contribution in [0, 0.1) is 5.92 Å². The highest BCUT2D eigenvalue weighted by Crippen LogP contribution is 2.29. The molecule has 1 fully saturated rings. The standard InChI is InChI=1S/C21H29N3O5S/c1-5-24-19(26)16-11-10-15(12-17(16)20(24)27)22-18(25)13-6-8-14(9-7-13)23-30(28,29)21(2,3)4/h10-14,23H,5-9H2,1-4H3,(H,22,25). The molecule has 1 aliphatic heterocycles. The van der Waals surface area contributed by atoms with E-state index in [2.05, 4.69) is 10.0 Å². The Morgan fingerprint density at radius 3 is 2.23 bits per heavy atom. The molecule has 1 aromatic carbocycles. The van der Waals surface area contributed by atoms with Crippen LogP contribution in [-0.2, 0) is 14.8 Å². The minimum absolute atomic E-state index is 0.156. The van der Waals surface area contributed by atoms with Crippen LogP contribution in [0.4, 0.5) is 5.69 Å². The maximum atomic E-state index is 12.7. The number of nitrogens with zero attached hydrogens (tertiary/aromatic N) is 1. The average molecular weight is 436 g/mol. The number of hydrogen-bond acceptors (Lipinski definition) is 5. The van der Waals surface area contributed by atoms with Gasteiger partial charge in [0.15, 0.2) is 0 Å². The molecule has 0 bridgehead atoms. The highest BCUT2D eigenvalue weighted by Gasteiger charge is 2.36. The van der Waals surface area contributed by atoms with Crippen molar-refractivity contribution in [1.29, 1.82) is 0 Å². The van der Waals surface area contributed by atoms with Crippen LogP contribution in [0.5, 0.6) is 0 Å². The normalized spacial score (nSPS) is 22.2. The van der Waals surface area contributed by atoms with E-state index in [1.54, 1.807) is 45.9 Å². The summed E-state index contributed by atoms with van der Waals surface area (Å²) in [5.74, 6) is -1.04. The summed E-state index contributed by atoms with van der Waals surface area (Å²) in [6.45, 7) is 7.01. The maximum Gasteiger partial charge on any atom is 0.261 e. The number of rotatable bonds is 5. The fourth-order valence-corrected chi connectivity index (χ4v) is 4.80. The number of carbonyl (C=O) groups is 3. The number of benzene rings is 1. The van der Waals surface area contributed by atoms with E-state index in [0.29, 0.717) is 49.0 Å². The van der Waals surface area contributed by atoms with Gasteiger partial charge in [-0.15, -0.1) is 0 Å². The van der Waals surface area contributed by atoms with Gasteiger partial charge in [-0.1, -0.05) is 0 Å². The molecule has 30 heavy (non-hydrogen) atoms. The molecule has 0 aromatic heterocycles. The van der Waals surface area contributed by atoms with Gasteiger partial charge in [-0.25, -0.2) is 13.1 Å². The lowest BCUT2D eigenvalue weighted by atomic mass is 9.86. The summed E-state index contributed by atoms with van der Waals surface area (Å²) in [6, 6.07) is 4.58. The Labute approximate surface area is 177 Å². The molecule has 3 rings (SSSR count). The zero-order valence-corrected chi connectivity index (χ0v) is 18.6. The van der Waals surface area contributed by atoms with Crippen molar-refractivity contribution in [3.05, 3.63) is 29.3 Å². The molecule has 8 nitrogen and oxygen atoms in total. The molecular formula is C21H29N3O5S. The van der Waals surface area contributed by atoms with Crippen LogP contribution in [0.3, 0.4) is 0 Å². The number of hydrogen-bond donors (Lipinski definition) is 2. The number of nitrogens with one attached hydrogen (secondary N) is 2. The van der Waals surface area contributed by atoms with Gasteiger partial charge < -0.3 is 5.32 Å². The molecule has 0 unspecified atom stereocenters. The SMILES string of the molecule is CCN1C(=O)c2ccc(NC(=O)C3CCC(NS(=O)(=O)C(C)(C)C)CC3)cc2C1=O.